The summed E-state index contributed by atoms with van der Waals surface area (Å²) >= 11 is 0. The molecule has 5 nitrogen and oxygen atoms in total. The summed E-state index contributed by atoms with van der Waals surface area (Å²) in [5, 5.41) is 9.24. The lowest BCUT2D eigenvalue weighted by molar-refractivity contribution is -0.143. The van der Waals surface area contributed by atoms with Crippen molar-refractivity contribution in [1.29, 1.82) is 0 Å². The van der Waals surface area contributed by atoms with Crippen molar-refractivity contribution in [2.75, 3.05) is 13.1 Å². The fourth-order valence-corrected chi connectivity index (χ4v) is 3.24. The fraction of sp³-hybridized carbons (Fsp3) is 0.500. The number of hydrogen-bond acceptors (Lipinski definition) is 3. The van der Waals surface area contributed by atoms with Gasteiger partial charge in [-0.1, -0.05) is 19.1 Å². The van der Waals surface area contributed by atoms with Crippen molar-refractivity contribution in [2.45, 2.75) is 38.1 Å². The summed E-state index contributed by atoms with van der Waals surface area (Å²) in [7, 11) is 0. The summed E-state index contributed by atoms with van der Waals surface area (Å²) in [6, 6.07) is 7.71. The standard InChI is InChI=1S/C16H21N3O2/c1-2-14(16(20)21)19-9-7-11(8-10-19)15-17-12-5-3-4-6-13(12)18-15/h3-6,11,14H,2,7-10H2,1H3,(H,17,18)(H,20,21)/t14-/m0/s1. The van der Waals surface area contributed by atoms with Crippen LogP contribution in [0.1, 0.15) is 37.9 Å². The van der Waals surface area contributed by atoms with Gasteiger partial charge < -0.3 is 10.1 Å². The number of aromatic amines is 1. The average Bonchev–Trinajstić information content (AvgIpc) is 2.92. The Balaban J connectivity index is 1.69. The van der Waals surface area contributed by atoms with Crippen LogP contribution in [0.2, 0.25) is 0 Å². The Labute approximate surface area is 124 Å². The van der Waals surface area contributed by atoms with Crippen molar-refractivity contribution < 1.29 is 9.90 Å². The van der Waals surface area contributed by atoms with Crippen LogP contribution in [0.15, 0.2) is 24.3 Å². The molecule has 0 spiro atoms. The van der Waals surface area contributed by atoms with Gasteiger partial charge in [0.05, 0.1) is 11.0 Å². The number of carboxylic acids is 1. The Hall–Kier alpha value is -1.88. The number of hydrogen-bond donors (Lipinski definition) is 2. The van der Waals surface area contributed by atoms with E-state index in [9.17, 15) is 9.90 Å². The molecule has 0 radical (unpaired) electrons. The van der Waals surface area contributed by atoms with Crippen molar-refractivity contribution in [3.8, 4) is 0 Å². The molecule has 0 unspecified atom stereocenters. The predicted octanol–water partition coefficient (Wildman–Crippen LogP) is 2.61. The summed E-state index contributed by atoms with van der Waals surface area (Å²) in [5.74, 6) is 0.735. The molecule has 1 aliphatic rings. The van der Waals surface area contributed by atoms with Gasteiger partial charge >= 0.3 is 5.97 Å². The molecule has 0 amide bonds. The fourth-order valence-electron chi connectivity index (χ4n) is 3.24. The molecule has 1 aromatic heterocycles. The molecule has 1 aromatic carbocycles. The maximum absolute atomic E-state index is 11.2. The first-order valence-corrected chi connectivity index (χ1v) is 7.60. The maximum atomic E-state index is 11.2. The summed E-state index contributed by atoms with van der Waals surface area (Å²) in [4.78, 5) is 21.4. The Kier molecular flexibility index (Phi) is 3.92. The van der Waals surface area contributed by atoms with E-state index in [1.54, 1.807) is 0 Å². The highest BCUT2D eigenvalue weighted by molar-refractivity contribution is 5.75. The molecule has 21 heavy (non-hydrogen) atoms. The molecule has 2 aromatic rings. The zero-order valence-corrected chi connectivity index (χ0v) is 12.2. The van der Waals surface area contributed by atoms with E-state index in [4.69, 9.17) is 0 Å². The Morgan fingerprint density at radius 2 is 2.14 bits per heavy atom. The number of aromatic nitrogens is 2. The number of piperidine rings is 1. The van der Waals surface area contributed by atoms with Crippen molar-refractivity contribution in [3.05, 3.63) is 30.1 Å². The summed E-state index contributed by atoms with van der Waals surface area (Å²) in [5.41, 5.74) is 2.08. The molecule has 1 aliphatic heterocycles. The van der Waals surface area contributed by atoms with Crippen LogP contribution in [0, 0.1) is 0 Å². The zero-order chi connectivity index (χ0) is 14.8. The van der Waals surface area contributed by atoms with Crippen molar-refractivity contribution in [2.24, 2.45) is 0 Å². The van der Waals surface area contributed by atoms with E-state index in [0.29, 0.717) is 12.3 Å². The molecule has 5 heteroatoms. The van der Waals surface area contributed by atoms with Crippen LogP contribution >= 0.6 is 0 Å². The second-order valence-corrected chi connectivity index (χ2v) is 5.71. The highest BCUT2D eigenvalue weighted by Crippen LogP contribution is 2.28. The number of carbonyl (C=O) groups is 1. The monoisotopic (exact) mass is 287 g/mol. The van der Waals surface area contributed by atoms with E-state index < -0.39 is 5.97 Å². The number of likely N-dealkylation sites (tertiary alicyclic amines) is 1. The number of aliphatic carboxylic acids is 1. The molecule has 2 N–H and O–H groups in total. The van der Waals surface area contributed by atoms with E-state index in [1.165, 1.54) is 0 Å². The predicted molar refractivity (Wildman–Crippen MR) is 81.4 cm³/mol. The molecular formula is C16H21N3O2. The Morgan fingerprint density at radius 3 is 2.76 bits per heavy atom. The smallest absolute Gasteiger partial charge is 0.320 e. The van der Waals surface area contributed by atoms with Crippen LogP contribution < -0.4 is 0 Å². The first-order chi connectivity index (χ1) is 10.2. The summed E-state index contributed by atoms with van der Waals surface area (Å²) in [6.45, 7) is 3.59. The van der Waals surface area contributed by atoms with Crippen molar-refractivity contribution >= 4 is 17.0 Å². The third kappa shape index (κ3) is 2.78. The van der Waals surface area contributed by atoms with Gasteiger partial charge in [0.1, 0.15) is 11.9 Å². The lowest BCUT2D eigenvalue weighted by Crippen LogP contribution is -2.45. The number of imidazole rings is 1. The van der Waals surface area contributed by atoms with Crippen molar-refractivity contribution in [3.63, 3.8) is 0 Å². The molecule has 1 fully saturated rings. The van der Waals surface area contributed by atoms with Crippen LogP contribution in [0.4, 0.5) is 0 Å². The molecule has 1 atom stereocenters. The topological polar surface area (TPSA) is 69.2 Å². The van der Waals surface area contributed by atoms with Gasteiger partial charge in [-0.05, 0) is 44.5 Å². The van der Waals surface area contributed by atoms with Gasteiger partial charge in [-0.25, -0.2) is 4.98 Å². The third-order valence-electron chi connectivity index (χ3n) is 4.44. The number of fused-ring (bicyclic) bond motifs is 1. The van der Waals surface area contributed by atoms with E-state index in [1.807, 2.05) is 31.2 Å². The zero-order valence-electron chi connectivity index (χ0n) is 12.2. The van der Waals surface area contributed by atoms with Crippen LogP contribution in [0.3, 0.4) is 0 Å². The first kappa shape index (κ1) is 14.1. The summed E-state index contributed by atoms with van der Waals surface area (Å²) in [6.07, 6.45) is 2.58. The number of carboxylic acid groups (broad SMARTS) is 1. The SMILES string of the molecule is CC[C@@H](C(=O)O)N1CCC(c2nc3ccccc3[nH]2)CC1. The molecule has 3 rings (SSSR count). The van der Waals surface area contributed by atoms with E-state index in [2.05, 4.69) is 14.9 Å². The molecule has 0 saturated carbocycles. The minimum atomic E-state index is -0.709. The Bertz CT molecular complexity index is 596. The number of nitrogens with one attached hydrogen (secondary N) is 1. The van der Waals surface area contributed by atoms with Crippen LogP contribution in [0.25, 0.3) is 11.0 Å². The number of H-pyrrole nitrogens is 1. The van der Waals surface area contributed by atoms with Gasteiger partial charge in [-0.2, -0.15) is 0 Å². The maximum Gasteiger partial charge on any atom is 0.320 e. The Morgan fingerprint density at radius 1 is 1.43 bits per heavy atom. The first-order valence-electron chi connectivity index (χ1n) is 7.60. The number of para-hydroxylation sites is 2. The normalized spacial score (nSPS) is 18.9. The van der Waals surface area contributed by atoms with E-state index >= 15 is 0 Å². The number of rotatable bonds is 4. The van der Waals surface area contributed by atoms with Gasteiger partial charge in [0.2, 0.25) is 0 Å². The summed E-state index contributed by atoms with van der Waals surface area (Å²) < 4.78 is 0. The molecular weight excluding hydrogens is 266 g/mol. The highest BCUT2D eigenvalue weighted by atomic mass is 16.4. The second kappa shape index (κ2) is 5.85. The van der Waals surface area contributed by atoms with Crippen molar-refractivity contribution in [1.82, 2.24) is 14.9 Å². The molecule has 2 heterocycles. The van der Waals surface area contributed by atoms with Gasteiger partial charge in [-0.3, -0.25) is 9.69 Å². The van der Waals surface area contributed by atoms with Crippen LogP contribution in [-0.2, 0) is 4.79 Å². The lowest BCUT2D eigenvalue weighted by atomic mass is 9.94. The van der Waals surface area contributed by atoms with E-state index in [-0.39, 0.29) is 6.04 Å². The minimum Gasteiger partial charge on any atom is -0.480 e. The average molecular weight is 287 g/mol. The molecule has 1 saturated heterocycles. The van der Waals surface area contributed by atoms with Crippen LogP contribution in [-0.4, -0.2) is 45.1 Å². The third-order valence-corrected chi connectivity index (χ3v) is 4.44. The van der Waals surface area contributed by atoms with E-state index in [0.717, 1.165) is 42.8 Å². The molecule has 112 valence electrons. The van der Waals surface area contributed by atoms with Crippen LogP contribution in [0.5, 0.6) is 0 Å². The quantitative estimate of drug-likeness (QED) is 0.907. The number of benzene rings is 1. The highest BCUT2D eigenvalue weighted by Gasteiger charge is 2.29. The number of nitrogens with zero attached hydrogens (tertiary/aromatic N) is 2. The molecule has 0 aliphatic carbocycles. The minimum absolute atomic E-state index is 0.346. The van der Waals surface area contributed by atoms with Gasteiger partial charge in [0.15, 0.2) is 0 Å². The van der Waals surface area contributed by atoms with Gasteiger partial charge in [0.25, 0.3) is 0 Å². The van der Waals surface area contributed by atoms with Gasteiger partial charge in [0, 0.05) is 5.92 Å². The van der Waals surface area contributed by atoms with Gasteiger partial charge in [-0.15, -0.1) is 0 Å². The lowest BCUT2D eigenvalue weighted by Gasteiger charge is -2.34. The largest absolute Gasteiger partial charge is 0.480 e. The molecule has 0 bridgehead atoms. The second-order valence-electron chi connectivity index (χ2n) is 5.71.